The maximum absolute atomic E-state index is 9.80. The zero-order chi connectivity index (χ0) is 11.7. The Labute approximate surface area is 103 Å². The zero-order valence-corrected chi connectivity index (χ0v) is 10.1. The van der Waals surface area contributed by atoms with Gasteiger partial charge in [-0.25, -0.2) is 0 Å². The Bertz CT molecular complexity index is 359. The third kappa shape index (κ3) is 2.63. The van der Waals surface area contributed by atoms with Crippen LogP contribution in [0.25, 0.3) is 0 Å². The van der Waals surface area contributed by atoms with Gasteiger partial charge in [0, 0.05) is 6.42 Å². The molecular formula is C15H20O2. The summed E-state index contributed by atoms with van der Waals surface area (Å²) in [4.78, 5) is 0. The quantitative estimate of drug-likeness (QED) is 0.845. The van der Waals surface area contributed by atoms with Crippen molar-refractivity contribution in [1.82, 2.24) is 0 Å². The third-order valence-electron chi connectivity index (χ3n) is 3.91. The van der Waals surface area contributed by atoms with E-state index in [-0.39, 0.29) is 6.10 Å². The fraction of sp³-hybridized carbons (Fsp3) is 0.600. The summed E-state index contributed by atoms with van der Waals surface area (Å²) in [6.07, 6.45) is 6.86. The average Bonchev–Trinajstić information content (AvgIpc) is 3.09. The number of rotatable bonds is 5. The van der Waals surface area contributed by atoms with Crippen LogP contribution in [0, 0.1) is 5.92 Å². The molecule has 0 spiro atoms. The van der Waals surface area contributed by atoms with Crippen molar-refractivity contribution in [2.24, 2.45) is 5.92 Å². The van der Waals surface area contributed by atoms with E-state index in [1.807, 2.05) is 12.1 Å². The van der Waals surface area contributed by atoms with Gasteiger partial charge < -0.3 is 9.84 Å². The second kappa shape index (κ2) is 4.69. The van der Waals surface area contributed by atoms with Gasteiger partial charge in [-0.05, 0) is 49.7 Å². The minimum Gasteiger partial charge on any atom is -0.490 e. The van der Waals surface area contributed by atoms with Crippen LogP contribution in [-0.4, -0.2) is 17.3 Å². The van der Waals surface area contributed by atoms with E-state index in [9.17, 15) is 5.11 Å². The molecule has 1 aromatic carbocycles. The number of hydrogen-bond acceptors (Lipinski definition) is 2. The van der Waals surface area contributed by atoms with Gasteiger partial charge in [0.15, 0.2) is 0 Å². The number of aliphatic hydroxyl groups excluding tert-OH is 1. The standard InChI is InChI=1S/C15H20O2/c16-14(11-8-9-11)6-3-5-13-10-12-4-1-2-7-15(12)17-13/h1-2,4,7,11,13-14,16H,3,5-6,8-10H2. The number of para-hydroxylation sites is 1. The van der Waals surface area contributed by atoms with Crippen LogP contribution >= 0.6 is 0 Å². The molecule has 2 atom stereocenters. The lowest BCUT2D eigenvalue weighted by atomic mass is 10.0. The Balaban J connectivity index is 1.43. The van der Waals surface area contributed by atoms with E-state index in [4.69, 9.17) is 4.74 Å². The summed E-state index contributed by atoms with van der Waals surface area (Å²) in [5.41, 5.74) is 1.33. The van der Waals surface area contributed by atoms with Gasteiger partial charge >= 0.3 is 0 Å². The number of benzene rings is 1. The van der Waals surface area contributed by atoms with Crippen molar-refractivity contribution in [1.29, 1.82) is 0 Å². The molecular weight excluding hydrogens is 212 g/mol. The summed E-state index contributed by atoms with van der Waals surface area (Å²) in [6, 6.07) is 8.29. The van der Waals surface area contributed by atoms with Gasteiger partial charge in [0.2, 0.25) is 0 Å². The van der Waals surface area contributed by atoms with Crippen molar-refractivity contribution in [3.05, 3.63) is 29.8 Å². The largest absolute Gasteiger partial charge is 0.490 e. The highest BCUT2D eigenvalue weighted by molar-refractivity contribution is 5.37. The SMILES string of the molecule is OC(CCCC1Cc2ccccc2O1)C1CC1. The van der Waals surface area contributed by atoms with Gasteiger partial charge in [-0.1, -0.05) is 18.2 Å². The molecule has 1 N–H and O–H groups in total. The van der Waals surface area contributed by atoms with Crippen molar-refractivity contribution < 1.29 is 9.84 Å². The lowest BCUT2D eigenvalue weighted by Gasteiger charge is -2.12. The van der Waals surface area contributed by atoms with Crippen LogP contribution in [0.15, 0.2) is 24.3 Å². The van der Waals surface area contributed by atoms with Crippen LogP contribution in [0.4, 0.5) is 0 Å². The monoisotopic (exact) mass is 232 g/mol. The predicted molar refractivity (Wildman–Crippen MR) is 67.1 cm³/mol. The molecule has 1 heterocycles. The lowest BCUT2D eigenvalue weighted by Crippen LogP contribution is -2.15. The maximum Gasteiger partial charge on any atom is 0.123 e. The highest BCUT2D eigenvalue weighted by atomic mass is 16.5. The van der Waals surface area contributed by atoms with E-state index in [1.165, 1.54) is 18.4 Å². The van der Waals surface area contributed by atoms with Gasteiger partial charge in [0.05, 0.1) is 6.10 Å². The molecule has 1 saturated carbocycles. The smallest absolute Gasteiger partial charge is 0.123 e. The molecule has 1 aliphatic heterocycles. The molecule has 1 aromatic rings. The topological polar surface area (TPSA) is 29.5 Å². The first-order valence-electron chi connectivity index (χ1n) is 6.75. The first-order valence-corrected chi connectivity index (χ1v) is 6.75. The molecule has 92 valence electrons. The van der Waals surface area contributed by atoms with Gasteiger partial charge in [-0.15, -0.1) is 0 Å². The number of aliphatic hydroxyl groups is 1. The van der Waals surface area contributed by atoms with E-state index in [1.54, 1.807) is 0 Å². The molecule has 2 aliphatic rings. The third-order valence-corrected chi connectivity index (χ3v) is 3.91. The molecule has 0 amide bonds. The molecule has 17 heavy (non-hydrogen) atoms. The van der Waals surface area contributed by atoms with E-state index in [0.717, 1.165) is 31.4 Å². The first kappa shape index (κ1) is 11.1. The summed E-state index contributed by atoms with van der Waals surface area (Å²) in [7, 11) is 0. The van der Waals surface area contributed by atoms with Crippen LogP contribution in [-0.2, 0) is 6.42 Å². The second-order valence-electron chi connectivity index (χ2n) is 5.39. The molecule has 0 radical (unpaired) electrons. The summed E-state index contributed by atoms with van der Waals surface area (Å²) in [5, 5.41) is 9.80. The Kier molecular flexibility index (Phi) is 3.06. The highest BCUT2D eigenvalue weighted by Gasteiger charge is 2.29. The highest BCUT2D eigenvalue weighted by Crippen LogP contribution is 2.35. The molecule has 0 bridgehead atoms. The van der Waals surface area contributed by atoms with Crippen LogP contribution < -0.4 is 4.74 Å². The minimum absolute atomic E-state index is 0.0567. The number of hydrogen-bond donors (Lipinski definition) is 1. The zero-order valence-electron chi connectivity index (χ0n) is 10.1. The van der Waals surface area contributed by atoms with Gasteiger partial charge in [0.1, 0.15) is 11.9 Å². The van der Waals surface area contributed by atoms with Gasteiger partial charge in [-0.2, -0.15) is 0 Å². The Morgan fingerprint density at radius 1 is 1.29 bits per heavy atom. The minimum atomic E-state index is -0.0567. The summed E-state index contributed by atoms with van der Waals surface area (Å²) >= 11 is 0. The fourth-order valence-corrected chi connectivity index (χ4v) is 2.69. The van der Waals surface area contributed by atoms with E-state index in [0.29, 0.717) is 12.0 Å². The van der Waals surface area contributed by atoms with E-state index in [2.05, 4.69) is 12.1 Å². The Hall–Kier alpha value is -1.02. The van der Waals surface area contributed by atoms with Crippen molar-refractivity contribution >= 4 is 0 Å². The summed E-state index contributed by atoms with van der Waals surface area (Å²) in [6.45, 7) is 0. The van der Waals surface area contributed by atoms with Gasteiger partial charge in [-0.3, -0.25) is 0 Å². The predicted octanol–water partition coefficient (Wildman–Crippen LogP) is 2.93. The molecule has 3 rings (SSSR count). The molecule has 2 nitrogen and oxygen atoms in total. The van der Waals surface area contributed by atoms with Crippen LogP contribution in [0.3, 0.4) is 0 Å². The Morgan fingerprint density at radius 3 is 2.88 bits per heavy atom. The Morgan fingerprint density at radius 2 is 2.12 bits per heavy atom. The molecule has 1 fully saturated rings. The summed E-state index contributed by atoms with van der Waals surface area (Å²) in [5.74, 6) is 1.66. The van der Waals surface area contributed by atoms with E-state index >= 15 is 0 Å². The summed E-state index contributed by atoms with van der Waals surface area (Å²) < 4.78 is 5.88. The number of ether oxygens (including phenoxy) is 1. The number of fused-ring (bicyclic) bond motifs is 1. The van der Waals surface area contributed by atoms with Crippen molar-refractivity contribution in [3.8, 4) is 5.75 Å². The van der Waals surface area contributed by atoms with Crippen molar-refractivity contribution in [2.75, 3.05) is 0 Å². The molecule has 1 aliphatic carbocycles. The lowest BCUT2D eigenvalue weighted by molar-refractivity contribution is 0.130. The van der Waals surface area contributed by atoms with Crippen molar-refractivity contribution in [2.45, 2.75) is 50.7 Å². The molecule has 0 saturated heterocycles. The van der Waals surface area contributed by atoms with Crippen LogP contribution in [0.5, 0.6) is 5.75 Å². The molecule has 2 heteroatoms. The maximum atomic E-state index is 9.80. The van der Waals surface area contributed by atoms with E-state index < -0.39 is 0 Å². The molecule has 2 unspecified atom stereocenters. The van der Waals surface area contributed by atoms with Crippen LogP contribution in [0.1, 0.15) is 37.7 Å². The average molecular weight is 232 g/mol. The fourth-order valence-electron chi connectivity index (χ4n) is 2.69. The van der Waals surface area contributed by atoms with Crippen LogP contribution in [0.2, 0.25) is 0 Å². The van der Waals surface area contributed by atoms with Gasteiger partial charge in [0.25, 0.3) is 0 Å². The second-order valence-corrected chi connectivity index (χ2v) is 5.39. The first-order chi connectivity index (χ1) is 8.33. The normalized spacial score (nSPS) is 24.2. The van der Waals surface area contributed by atoms with Crippen molar-refractivity contribution in [3.63, 3.8) is 0 Å². The molecule has 0 aromatic heterocycles.